The predicted molar refractivity (Wildman–Crippen MR) is 241 cm³/mol. The molecule has 366 valence electrons. The van der Waals surface area contributed by atoms with Gasteiger partial charge in [-0.3, -0.25) is 4.79 Å². The summed E-state index contributed by atoms with van der Waals surface area (Å²) in [6, 6.07) is 0. The van der Waals surface area contributed by atoms with Gasteiger partial charge >= 0.3 is 5.97 Å². The minimum atomic E-state index is -1.76. The molecule has 0 aromatic rings. The molecule has 0 spiro atoms. The van der Waals surface area contributed by atoms with Gasteiger partial charge in [-0.15, -0.1) is 0 Å². The normalized spacial score (nSPS) is 46.2. The van der Waals surface area contributed by atoms with Crippen molar-refractivity contribution in [2.24, 2.45) is 23.7 Å². The van der Waals surface area contributed by atoms with Gasteiger partial charge in [-0.25, -0.2) is 0 Å². The second-order valence-electron chi connectivity index (χ2n) is 19.8. The zero-order valence-electron chi connectivity index (χ0n) is 40.0. The molecule has 65 heavy (non-hydrogen) atoms. The van der Waals surface area contributed by atoms with Crippen LogP contribution in [0.3, 0.4) is 0 Å². The smallest absolute Gasteiger partial charge is 0.316 e. The molecule has 2 bridgehead atoms. The van der Waals surface area contributed by atoms with Gasteiger partial charge < -0.3 is 62.7 Å². The van der Waals surface area contributed by atoms with Crippen molar-refractivity contribution in [1.29, 1.82) is 0 Å². The molecule has 6 heterocycles. The Labute approximate surface area is 386 Å². The highest BCUT2D eigenvalue weighted by atomic mass is 16.7. The Hall–Kier alpha value is -2.31. The van der Waals surface area contributed by atoms with Gasteiger partial charge in [-0.05, 0) is 69.6 Å². The second-order valence-corrected chi connectivity index (χ2v) is 19.8. The number of fused-ring (bicyclic) bond motifs is 2. The van der Waals surface area contributed by atoms with E-state index in [0.29, 0.717) is 61.9 Å². The summed E-state index contributed by atoms with van der Waals surface area (Å²) in [4.78, 5) is 13.7. The zero-order chi connectivity index (χ0) is 46.4. The lowest BCUT2D eigenvalue weighted by molar-refractivity contribution is -0.318. The lowest BCUT2D eigenvalue weighted by atomic mass is 9.71. The average molecular weight is 915 g/mol. The summed E-state index contributed by atoms with van der Waals surface area (Å²) in [6.45, 7) is 13.2. The Morgan fingerprint density at radius 2 is 1.51 bits per heavy atom. The fourth-order valence-corrected chi connectivity index (χ4v) is 11.3. The molecule has 3 N–H and O–H groups in total. The molecule has 8 rings (SSSR count). The van der Waals surface area contributed by atoms with E-state index in [9.17, 15) is 20.1 Å². The number of aliphatic hydroxyl groups is 3. The molecule has 1 saturated carbocycles. The fraction of sp³-hybridized carbons (Fsp3) is 0.784. The van der Waals surface area contributed by atoms with Crippen LogP contribution in [0, 0.1) is 23.7 Å². The summed E-state index contributed by atoms with van der Waals surface area (Å²) >= 11 is 0. The third-order valence-electron chi connectivity index (χ3n) is 15.2. The molecule has 0 amide bonds. The first-order valence-electron chi connectivity index (χ1n) is 24.4. The summed E-state index contributed by atoms with van der Waals surface area (Å²) < 4.78 is 60.9. The van der Waals surface area contributed by atoms with Crippen LogP contribution in [0.4, 0.5) is 0 Å². The number of carbonyl (C=O) groups excluding carboxylic acids is 1. The fourth-order valence-electron chi connectivity index (χ4n) is 11.3. The molecule has 0 radical (unpaired) electrons. The number of hydrogen-bond donors (Lipinski definition) is 3. The minimum Gasteiger partial charge on any atom is -0.462 e. The monoisotopic (exact) mass is 915 g/mol. The first-order valence-corrected chi connectivity index (χ1v) is 24.4. The van der Waals surface area contributed by atoms with E-state index in [-0.39, 0.29) is 36.9 Å². The van der Waals surface area contributed by atoms with E-state index in [2.05, 4.69) is 32.1 Å². The SMILES string of the molecule is COC1C[C@H](OC2/C(C)=C/C[C@@H]3C[C@@H](CCO3)OC(=O)[C@@H]3C=C(C)[C@@H](O)[C@H]4OC/C(=C\C=C\C2C)C43O)O[C@@H](C)[C@@H]1OC1C[C@H](OC)[C@@H](O)[C@H](C)O1.C[C@H]1C=CCO[C@@H]1C1CCCCC1. The number of carbonyl (C=O) groups is 1. The van der Waals surface area contributed by atoms with Crippen molar-refractivity contribution in [3.05, 3.63) is 59.3 Å². The molecule has 6 aliphatic heterocycles. The average Bonchev–Trinajstić information content (AvgIpc) is 3.64. The highest BCUT2D eigenvalue weighted by Crippen LogP contribution is 2.46. The maximum atomic E-state index is 13.7. The van der Waals surface area contributed by atoms with Gasteiger partial charge in [0.1, 0.15) is 42.0 Å². The van der Waals surface area contributed by atoms with Crippen molar-refractivity contribution in [3.63, 3.8) is 0 Å². The lowest BCUT2D eigenvalue weighted by Gasteiger charge is -2.44. The van der Waals surface area contributed by atoms with E-state index < -0.39 is 72.8 Å². The molecule has 5 unspecified atom stereocenters. The zero-order valence-corrected chi connectivity index (χ0v) is 40.0. The van der Waals surface area contributed by atoms with E-state index in [0.717, 1.165) is 18.1 Å². The van der Waals surface area contributed by atoms with Gasteiger partial charge in [0.15, 0.2) is 12.6 Å². The number of esters is 1. The standard InChI is InChI=1S/C39H58O13.C12H20O/c1-20-9-8-10-25-19-47-37-33(40)22(3)15-28(39(25,37)43)38(42)50-27-13-14-46-26(16-27)12-11-21(2)35(20)51-32-18-30(45-7)36(24(5)49-32)52-31-17-29(44-6)34(41)23(4)48-31;1-10-6-5-9-13-12(10)11-7-3-2-4-8-11/h8-11,15,20,23-24,26-37,40-41,43H,12-14,16-19H2,1-7H3;5-6,10-12H,2-4,7-9H2,1H3/b9-8+,21-11+,25-10+;/t20?,23-,24-,26+,27+,28-,29-,30?,31?,32-,33+,34-,35?,36-,37+,39?;10-,12-/m00/s1. The first kappa shape index (κ1) is 50.6. The summed E-state index contributed by atoms with van der Waals surface area (Å²) in [7, 11) is 3.21. The second kappa shape index (κ2) is 22.9. The van der Waals surface area contributed by atoms with Gasteiger partial charge in [0, 0.05) is 51.7 Å². The third kappa shape index (κ3) is 11.8. The van der Waals surface area contributed by atoms with Crippen LogP contribution in [0.5, 0.6) is 0 Å². The van der Waals surface area contributed by atoms with E-state index >= 15 is 0 Å². The van der Waals surface area contributed by atoms with E-state index in [1.54, 1.807) is 40.2 Å². The molecule has 8 aliphatic rings. The lowest BCUT2D eigenvalue weighted by Crippen LogP contribution is -2.57. The summed E-state index contributed by atoms with van der Waals surface area (Å²) in [5.74, 6) is -0.225. The van der Waals surface area contributed by atoms with Crippen molar-refractivity contribution in [2.45, 2.75) is 197 Å². The largest absolute Gasteiger partial charge is 0.462 e. The quantitative estimate of drug-likeness (QED) is 0.195. The number of allylic oxidation sites excluding steroid dienone is 2. The Morgan fingerprint density at radius 1 is 0.785 bits per heavy atom. The molecule has 4 saturated heterocycles. The van der Waals surface area contributed by atoms with Gasteiger partial charge in [0.25, 0.3) is 0 Å². The van der Waals surface area contributed by atoms with Crippen LogP contribution in [0.25, 0.3) is 0 Å². The summed E-state index contributed by atoms with van der Waals surface area (Å²) in [5, 5.41) is 33.5. The van der Waals surface area contributed by atoms with Crippen molar-refractivity contribution in [1.82, 2.24) is 0 Å². The molecule has 18 atom stereocenters. The van der Waals surface area contributed by atoms with Gasteiger partial charge in [0.2, 0.25) is 0 Å². The molecule has 5 fully saturated rings. The van der Waals surface area contributed by atoms with Gasteiger partial charge in [-0.2, -0.15) is 0 Å². The van der Waals surface area contributed by atoms with E-state index in [4.69, 9.17) is 47.4 Å². The van der Waals surface area contributed by atoms with Crippen LogP contribution in [0.1, 0.15) is 106 Å². The van der Waals surface area contributed by atoms with Gasteiger partial charge in [0.05, 0.1) is 62.5 Å². The number of aliphatic hydroxyl groups excluding tert-OH is 2. The van der Waals surface area contributed by atoms with Crippen LogP contribution in [-0.4, -0.2) is 147 Å². The number of rotatable bonds is 7. The molecule has 0 aromatic heterocycles. The van der Waals surface area contributed by atoms with Crippen LogP contribution < -0.4 is 0 Å². The Morgan fingerprint density at radius 3 is 2.25 bits per heavy atom. The highest BCUT2D eigenvalue weighted by molar-refractivity contribution is 5.78. The first-order chi connectivity index (χ1) is 31.2. The number of methoxy groups -OCH3 is 2. The molecular formula is C51H78O14. The summed E-state index contributed by atoms with van der Waals surface area (Å²) in [6.07, 6.45) is 16.9. The van der Waals surface area contributed by atoms with Crippen molar-refractivity contribution >= 4 is 5.97 Å². The predicted octanol–water partition coefficient (Wildman–Crippen LogP) is 6.20. The topological polar surface area (TPSA) is 170 Å². The van der Waals surface area contributed by atoms with Crippen molar-refractivity contribution in [2.75, 3.05) is 34.0 Å². The van der Waals surface area contributed by atoms with Crippen LogP contribution in [0.2, 0.25) is 0 Å². The number of hydrogen-bond acceptors (Lipinski definition) is 14. The summed E-state index contributed by atoms with van der Waals surface area (Å²) in [5.41, 5.74) is 0.289. The molecule has 2 aliphatic carbocycles. The van der Waals surface area contributed by atoms with E-state index in [1.165, 1.54) is 32.1 Å². The van der Waals surface area contributed by atoms with E-state index in [1.807, 2.05) is 26.0 Å². The minimum absolute atomic E-state index is 0.0625. The van der Waals surface area contributed by atoms with Crippen LogP contribution in [-0.2, 0) is 52.2 Å². The molecule has 14 heteroatoms. The van der Waals surface area contributed by atoms with Gasteiger partial charge in [-0.1, -0.05) is 75.6 Å². The maximum Gasteiger partial charge on any atom is 0.316 e. The Bertz CT molecular complexity index is 1720. The molecule has 0 aromatic carbocycles. The highest BCUT2D eigenvalue weighted by Gasteiger charge is 2.59. The number of ether oxygens (including phenoxy) is 10. The Balaban J connectivity index is 0.000000413. The van der Waals surface area contributed by atoms with Crippen LogP contribution in [0.15, 0.2) is 59.3 Å². The van der Waals surface area contributed by atoms with Crippen molar-refractivity contribution in [3.8, 4) is 0 Å². The maximum absolute atomic E-state index is 13.7. The Kier molecular flexibility index (Phi) is 17.8. The van der Waals surface area contributed by atoms with Crippen molar-refractivity contribution < 1.29 is 67.5 Å². The molecular weight excluding hydrogens is 837 g/mol. The molecule has 14 nitrogen and oxygen atoms in total. The third-order valence-corrected chi connectivity index (χ3v) is 15.2. The van der Waals surface area contributed by atoms with Crippen LogP contribution >= 0.6 is 0 Å².